The molecule has 0 atom stereocenters. The fraction of sp³-hybridized carbons (Fsp3) is 0.529. The molecule has 0 radical (unpaired) electrons. The molecule has 0 bridgehead atoms. The van der Waals surface area contributed by atoms with Gasteiger partial charge in [0.05, 0.1) is 7.11 Å². The van der Waals surface area contributed by atoms with E-state index in [2.05, 4.69) is 35.7 Å². The highest BCUT2D eigenvalue weighted by Crippen LogP contribution is 2.41. The van der Waals surface area contributed by atoms with E-state index in [0.29, 0.717) is 0 Å². The zero-order valence-electron chi connectivity index (χ0n) is 12.2. The molecule has 1 N–H and O–H groups in total. The standard InChI is InChI=1S/C17H23NO.ClH/c1-19-15-9-7-14(8-10-15)16-6-5-13-18-17(16)11-3-2-4-12-17;/h6-10,18H,2-5,11-13H2,1H3;1H. The van der Waals surface area contributed by atoms with Gasteiger partial charge in [0, 0.05) is 5.54 Å². The van der Waals surface area contributed by atoms with Crippen molar-refractivity contribution in [1.29, 1.82) is 0 Å². The molecule has 1 saturated carbocycles. The number of halogens is 1. The summed E-state index contributed by atoms with van der Waals surface area (Å²) in [5.41, 5.74) is 3.11. The molecule has 0 saturated heterocycles. The second kappa shape index (κ2) is 6.64. The summed E-state index contributed by atoms with van der Waals surface area (Å²) in [4.78, 5) is 0. The molecule has 1 aliphatic carbocycles. The number of benzene rings is 1. The van der Waals surface area contributed by atoms with Crippen LogP contribution >= 0.6 is 12.4 Å². The van der Waals surface area contributed by atoms with Crippen LogP contribution in [0.1, 0.15) is 44.1 Å². The number of methoxy groups -OCH3 is 1. The largest absolute Gasteiger partial charge is 0.497 e. The molecule has 20 heavy (non-hydrogen) atoms. The van der Waals surface area contributed by atoms with E-state index in [0.717, 1.165) is 18.7 Å². The minimum atomic E-state index is 0. The van der Waals surface area contributed by atoms with Crippen LogP contribution in [-0.4, -0.2) is 19.2 Å². The van der Waals surface area contributed by atoms with Gasteiger partial charge in [0.2, 0.25) is 0 Å². The predicted molar refractivity (Wildman–Crippen MR) is 86.7 cm³/mol. The van der Waals surface area contributed by atoms with Crippen LogP contribution in [0.15, 0.2) is 30.3 Å². The Bertz CT molecular complexity index is 460. The van der Waals surface area contributed by atoms with Crippen molar-refractivity contribution >= 4 is 18.0 Å². The number of ether oxygens (including phenoxy) is 1. The first kappa shape index (κ1) is 15.4. The van der Waals surface area contributed by atoms with Crippen molar-refractivity contribution in [1.82, 2.24) is 5.32 Å². The maximum atomic E-state index is 5.26. The van der Waals surface area contributed by atoms with Gasteiger partial charge in [-0.2, -0.15) is 0 Å². The highest BCUT2D eigenvalue weighted by atomic mass is 35.5. The topological polar surface area (TPSA) is 21.3 Å². The highest BCUT2D eigenvalue weighted by Gasteiger charge is 2.37. The van der Waals surface area contributed by atoms with Gasteiger partial charge in [0.15, 0.2) is 0 Å². The number of hydrogen-bond acceptors (Lipinski definition) is 2. The highest BCUT2D eigenvalue weighted by molar-refractivity contribution is 5.85. The first-order chi connectivity index (χ1) is 9.34. The van der Waals surface area contributed by atoms with E-state index >= 15 is 0 Å². The fourth-order valence-electron chi connectivity index (χ4n) is 3.58. The molecule has 2 nitrogen and oxygen atoms in total. The fourth-order valence-corrected chi connectivity index (χ4v) is 3.58. The summed E-state index contributed by atoms with van der Waals surface area (Å²) >= 11 is 0. The van der Waals surface area contributed by atoms with Crippen LogP contribution in [0.3, 0.4) is 0 Å². The van der Waals surface area contributed by atoms with Crippen LogP contribution in [0.4, 0.5) is 0 Å². The smallest absolute Gasteiger partial charge is 0.118 e. The zero-order valence-corrected chi connectivity index (χ0v) is 13.0. The maximum absolute atomic E-state index is 5.26. The maximum Gasteiger partial charge on any atom is 0.118 e. The lowest BCUT2D eigenvalue weighted by Gasteiger charge is -2.43. The molecule has 110 valence electrons. The van der Waals surface area contributed by atoms with E-state index < -0.39 is 0 Å². The van der Waals surface area contributed by atoms with Gasteiger partial charge in [0.1, 0.15) is 5.75 Å². The Morgan fingerprint density at radius 2 is 1.75 bits per heavy atom. The van der Waals surface area contributed by atoms with Crippen LogP contribution in [-0.2, 0) is 0 Å². The van der Waals surface area contributed by atoms with Gasteiger partial charge in [-0.25, -0.2) is 0 Å². The van der Waals surface area contributed by atoms with Gasteiger partial charge >= 0.3 is 0 Å². The van der Waals surface area contributed by atoms with Crippen molar-refractivity contribution < 1.29 is 4.74 Å². The molecular formula is C17H24ClNO. The molecule has 0 amide bonds. The third kappa shape index (κ3) is 2.87. The molecule has 0 aromatic heterocycles. The minimum Gasteiger partial charge on any atom is -0.497 e. The molecule has 3 rings (SSSR count). The second-order valence-corrected chi connectivity index (χ2v) is 5.70. The van der Waals surface area contributed by atoms with Gasteiger partial charge in [-0.05, 0) is 49.1 Å². The summed E-state index contributed by atoms with van der Waals surface area (Å²) in [5, 5.41) is 3.81. The first-order valence-corrected chi connectivity index (χ1v) is 7.44. The van der Waals surface area contributed by atoms with E-state index in [-0.39, 0.29) is 17.9 Å². The summed E-state index contributed by atoms with van der Waals surface area (Å²) in [7, 11) is 1.72. The molecule has 1 fully saturated rings. The normalized spacial score (nSPS) is 20.9. The Balaban J connectivity index is 0.00000147. The Kier molecular flexibility index (Phi) is 5.11. The third-order valence-electron chi connectivity index (χ3n) is 4.58. The van der Waals surface area contributed by atoms with E-state index in [1.165, 1.54) is 43.2 Å². The summed E-state index contributed by atoms with van der Waals surface area (Å²) in [5.74, 6) is 0.936. The van der Waals surface area contributed by atoms with Crippen molar-refractivity contribution in [3.8, 4) is 5.75 Å². The summed E-state index contributed by atoms with van der Waals surface area (Å²) in [6.07, 6.45) is 10.2. The van der Waals surface area contributed by atoms with Gasteiger partial charge < -0.3 is 10.1 Å². The summed E-state index contributed by atoms with van der Waals surface area (Å²) in [6.45, 7) is 1.12. The van der Waals surface area contributed by atoms with Crippen molar-refractivity contribution in [3.05, 3.63) is 35.9 Å². The molecule has 2 aliphatic rings. The van der Waals surface area contributed by atoms with E-state index in [4.69, 9.17) is 4.74 Å². The average Bonchev–Trinajstić information content (AvgIpc) is 2.49. The molecular weight excluding hydrogens is 270 g/mol. The SMILES string of the molecule is COc1ccc(C2=CCCNC23CCCCC3)cc1.Cl. The van der Waals surface area contributed by atoms with Crippen LogP contribution in [0.2, 0.25) is 0 Å². The monoisotopic (exact) mass is 293 g/mol. The van der Waals surface area contributed by atoms with Crippen molar-refractivity contribution in [2.24, 2.45) is 0 Å². The molecule has 1 spiro atoms. The van der Waals surface area contributed by atoms with Crippen molar-refractivity contribution in [2.45, 2.75) is 44.1 Å². The number of nitrogens with one attached hydrogen (secondary N) is 1. The lowest BCUT2D eigenvalue weighted by molar-refractivity contribution is 0.295. The Morgan fingerprint density at radius 1 is 1.05 bits per heavy atom. The van der Waals surface area contributed by atoms with Crippen molar-refractivity contribution in [3.63, 3.8) is 0 Å². The quantitative estimate of drug-likeness (QED) is 0.882. The van der Waals surface area contributed by atoms with Gasteiger partial charge in [-0.15, -0.1) is 12.4 Å². The second-order valence-electron chi connectivity index (χ2n) is 5.70. The Hall–Kier alpha value is -0.990. The van der Waals surface area contributed by atoms with Crippen LogP contribution < -0.4 is 10.1 Å². The lowest BCUT2D eigenvalue weighted by Crippen LogP contribution is -2.49. The van der Waals surface area contributed by atoms with E-state index in [1.807, 2.05) is 0 Å². The predicted octanol–water partition coefficient (Wildman–Crippen LogP) is 4.20. The van der Waals surface area contributed by atoms with Crippen LogP contribution in [0, 0.1) is 0 Å². The number of rotatable bonds is 2. The summed E-state index contributed by atoms with van der Waals surface area (Å²) < 4.78 is 5.26. The van der Waals surface area contributed by atoms with Crippen LogP contribution in [0.5, 0.6) is 5.75 Å². The van der Waals surface area contributed by atoms with E-state index in [9.17, 15) is 0 Å². The Morgan fingerprint density at radius 3 is 2.40 bits per heavy atom. The molecule has 1 aliphatic heterocycles. The molecule has 0 unspecified atom stereocenters. The van der Waals surface area contributed by atoms with Gasteiger partial charge in [-0.1, -0.05) is 37.5 Å². The third-order valence-corrected chi connectivity index (χ3v) is 4.58. The lowest BCUT2D eigenvalue weighted by atomic mass is 9.72. The van der Waals surface area contributed by atoms with Crippen LogP contribution in [0.25, 0.3) is 5.57 Å². The van der Waals surface area contributed by atoms with Gasteiger partial charge in [-0.3, -0.25) is 0 Å². The summed E-state index contributed by atoms with van der Waals surface area (Å²) in [6, 6.07) is 8.55. The molecule has 3 heteroatoms. The molecule has 1 aromatic rings. The van der Waals surface area contributed by atoms with Crippen molar-refractivity contribution in [2.75, 3.05) is 13.7 Å². The minimum absolute atomic E-state index is 0. The average molecular weight is 294 g/mol. The molecule has 1 aromatic carbocycles. The Labute approximate surface area is 128 Å². The first-order valence-electron chi connectivity index (χ1n) is 7.44. The number of hydrogen-bond donors (Lipinski definition) is 1. The van der Waals surface area contributed by atoms with Gasteiger partial charge in [0.25, 0.3) is 0 Å². The van der Waals surface area contributed by atoms with E-state index in [1.54, 1.807) is 7.11 Å². The zero-order chi connectivity index (χ0) is 13.1. The molecule has 1 heterocycles.